The minimum atomic E-state index is -0.297. The van der Waals surface area contributed by atoms with E-state index in [9.17, 15) is 0 Å². The van der Waals surface area contributed by atoms with Gasteiger partial charge in [0.25, 0.3) is 0 Å². The average Bonchev–Trinajstić information content (AvgIpc) is 2.38. The van der Waals surface area contributed by atoms with Crippen LogP contribution in [0.25, 0.3) is 0 Å². The topological polar surface area (TPSA) is 70.6 Å². The van der Waals surface area contributed by atoms with Crippen molar-refractivity contribution in [3.8, 4) is 0 Å². The Labute approximate surface area is 115 Å². The molecule has 4 heteroatoms. The van der Waals surface area contributed by atoms with Crippen molar-refractivity contribution in [1.29, 1.82) is 0 Å². The molecule has 4 nitrogen and oxygen atoms in total. The van der Waals surface area contributed by atoms with E-state index in [0.29, 0.717) is 6.04 Å². The lowest BCUT2D eigenvalue weighted by Gasteiger charge is -2.24. The SMILES string of the molecule is Cc1ccc([C@@H](C)NCCC(C)(C)/C(N)=N/O)cc1. The Morgan fingerprint density at radius 3 is 2.47 bits per heavy atom. The molecule has 1 aromatic rings. The number of oxime groups is 1. The van der Waals surface area contributed by atoms with Crippen LogP contribution in [0.1, 0.15) is 44.4 Å². The number of aryl methyl sites for hydroxylation is 1. The molecular weight excluding hydrogens is 238 g/mol. The van der Waals surface area contributed by atoms with Gasteiger partial charge in [0.1, 0.15) is 5.84 Å². The van der Waals surface area contributed by atoms with Crippen LogP contribution in [0.15, 0.2) is 29.4 Å². The summed E-state index contributed by atoms with van der Waals surface area (Å²) in [6, 6.07) is 8.81. The first-order chi connectivity index (χ1) is 8.86. The monoisotopic (exact) mass is 263 g/mol. The van der Waals surface area contributed by atoms with E-state index in [1.54, 1.807) is 0 Å². The summed E-state index contributed by atoms with van der Waals surface area (Å²) in [4.78, 5) is 0. The van der Waals surface area contributed by atoms with E-state index in [-0.39, 0.29) is 11.3 Å². The van der Waals surface area contributed by atoms with Crippen molar-refractivity contribution in [3.63, 3.8) is 0 Å². The Balaban J connectivity index is 2.47. The minimum Gasteiger partial charge on any atom is -0.409 e. The van der Waals surface area contributed by atoms with Crippen LogP contribution in [0.5, 0.6) is 0 Å². The van der Waals surface area contributed by atoms with Crippen molar-refractivity contribution >= 4 is 5.84 Å². The smallest absolute Gasteiger partial charge is 0.144 e. The van der Waals surface area contributed by atoms with Gasteiger partial charge in [0.05, 0.1) is 0 Å². The van der Waals surface area contributed by atoms with Gasteiger partial charge in [0.2, 0.25) is 0 Å². The van der Waals surface area contributed by atoms with Gasteiger partial charge in [-0.15, -0.1) is 0 Å². The van der Waals surface area contributed by atoms with Crippen molar-refractivity contribution in [2.24, 2.45) is 16.3 Å². The fourth-order valence-electron chi connectivity index (χ4n) is 1.84. The van der Waals surface area contributed by atoms with Gasteiger partial charge in [0, 0.05) is 11.5 Å². The zero-order valence-electron chi connectivity index (χ0n) is 12.3. The lowest BCUT2D eigenvalue weighted by molar-refractivity contribution is 0.304. The molecule has 0 spiro atoms. The lowest BCUT2D eigenvalue weighted by Crippen LogP contribution is -2.35. The van der Waals surface area contributed by atoms with Crippen LogP contribution in [0.4, 0.5) is 0 Å². The summed E-state index contributed by atoms with van der Waals surface area (Å²) in [5.74, 6) is 0.275. The van der Waals surface area contributed by atoms with Gasteiger partial charge < -0.3 is 16.3 Å². The maximum Gasteiger partial charge on any atom is 0.144 e. The lowest BCUT2D eigenvalue weighted by atomic mass is 9.88. The van der Waals surface area contributed by atoms with Crippen LogP contribution < -0.4 is 11.1 Å². The highest BCUT2D eigenvalue weighted by Crippen LogP contribution is 2.20. The van der Waals surface area contributed by atoms with Gasteiger partial charge in [-0.1, -0.05) is 48.8 Å². The Kier molecular flexibility index (Phi) is 5.36. The third-order valence-corrected chi connectivity index (χ3v) is 3.58. The maximum atomic E-state index is 8.73. The molecule has 0 saturated carbocycles. The predicted molar refractivity (Wildman–Crippen MR) is 79.4 cm³/mol. The zero-order valence-corrected chi connectivity index (χ0v) is 12.3. The van der Waals surface area contributed by atoms with Crippen LogP contribution in [0.2, 0.25) is 0 Å². The number of hydrogen-bond acceptors (Lipinski definition) is 3. The van der Waals surface area contributed by atoms with Crippen LogP contribution in [0, 0.1) is 12.3 Å². The fraction of sp³-hybridized carbons (Fsp3) is 0.533. The van der Waals surface area contributed by atoms with Gasteiger partial charge in [-0.05, 0) is 32.4 Å². The first kappa shape index (κ1) is 15.5. The number of nitrogens with two attached hydrogens (primary N) is 1. The highest BCUT2D eigenvalue weighted by Gasteiger charge is 2.23. The molecule has 19 heavy (non-hydrogen) atoms. The highest BCUT2D eigenvalue weighted by molar-refractivity contribution is 5.85. The third kappa shape index (κ3) is 4.56. The maximum absolute atomic E-state index is 8.73. The molecule has 1 atom stereocenters. The summed E-state index contributed by atoms with van der Waals surface area (Å²) < 4.78 is 0. The molecule has 1 rings (SSSR count). The molecule has 0 aliphatic rings. The molecule has 0 heterocycles. The highest BCUT2D eigenvalue weighted by atomic mass is 16.4. The molecule has 0 bridgehead atoms. The zero-order chi connectivity index (χ0) is 14.5. The van der Waals surface area contributed by atoms with Crippen LogP contribution in [0.3, 0.4) is 0 Å². The summed E-state index contributed by atoms with van der Waals surface area (Å²) in [7, 11) is 0. The molecule has 4 N–H and O–H groups in total. The normalized spacial score (nSPS) is 14.4. The Morgan fingerprint density at radius 2 is 1.95 bits per heavy atom. The number of amidine groups is 1. The molecule has 0 radical (unpaired) electrons. The standard InChI is InChI=1S/C15H25N3O/c1-11-5-7-13(8-6-11)12(2)17-10-9-15(3,4)14(16)18-19/h5-8,12,17,19H,9-10H2,1-4H3,(H2,16,18)/t12-/m1/s1. The van der Waals surface area contributed by atoms with Crippen molar-refractivity contribution in [3.05, 3.63) is 35.4 Å². The quantitative estimate of drug-likeness (QED) is 0.320. The number of rotatable bonds is 6. The van der Waals surface area contributed by atoms with Gasteiger partial charge in [-0.3, -0.25) is 0 Å². The van der Waals surface area contributed by atoms with Gasteiger partial charge >= 0.3 is 0 Å². The van der Waals surface area contributed by atoms with Crippen molar-refractivity contribution in [2.45, 2.75) is 40.2 Å². The number of nitrogens with zero attached hydrogens (tertiary/aromatic N) is 1. The van der Waals surface area contributed by atoms with Gasteiger partial charge in [0.15, 0.2) is 0 Å². The van der Waals surface area contributed by atoms with Crippen molar-refractivity contribution in [1.82, 2.24) is 5.32 Å². The largest absolute Gasteiger partial charge is 0.409 e. The Morgan fingerprint density at radius 1 is 1.37 bits per heavy atom. The molecule has 0 aromatic heterocycles. The van der Waals surface area contributed by atoms with E-state index in [0.717, 1.165) is 13.0 Å². The second-order valence-electron chi connectivity index (χ2n) is 5.71. The van der Waals surface area contributed by atoms with Crippen LogP contribution in [-0.2, 0) is 0 Å². The Bertz CT molecular complexity index is 424. The molecule has 106 valence electrons. The van der Waals surface area contributed by atoms with Gasteiger partial charge in [-0.25, -0.2) is 0 Å². The van der Waals surface area contributed by atoms with Crippen LogP contribution >= 0.6 is 0 Å². The van der Waals surface area contributed by atoms with E-state index < -0.39 is 0 Å². The van der Waals surface area contributed by atoms with E-state index >= 15 is 0 Å². The van der Waals surface area contributed by atoms with Crippen molar-refractivity contribution < 1.29 is 5.21 Å². The number of benzene rings is 1. The molecule has 0 aliphatic heterocycles. The van der Waals surface area contributed by atoms with Crippen LogP contribution in [-0.4, -0.2) is 17.6 Å². The van der Waals surface area contributed by atoms with Crippen molar-refractivity contribution in [2.75, 3.05) is 6.54 Å². The number of nitrogens with one attached hydrogen (secondary N) is 1. The van der Waals surface area contributed by atoms with E-state index in [1.165, 1.54) is 11.1 Å². The second kappa shape index (κ2) is 6.57. The molecule has 1 aromatic carbocycles. The molecule has 0 fully saturated rings. The third-order valence-electron chi connectivity index (χ3n) is 3.58. The second-order valence-corrected chi connectivity index (χ2v) is 5.71. The molecule has 0 amide bonds. The van der Waals surface area contributed by atoms with E-state index in [1.807, 2.05) is 13.8 Å². The van der Waals surface area contributed by atoms with E-state index in [2.05, 4.69) is 48.6 Å². The molecule has 0 unspecified atom stereocenters. The number of hydrogen-bond donors (Lipinski definition) is 3. The molecule has 0 aliphatic carbocycles. The summed E-state index contributed by atoms with van der Waals surface area (Å²) >= 11 is 0. The minimum absolute atomic E-state index is 0.275. The summed E-state index contributed by atoms with van der Waals surface area (Å²) in [6.07, 6.45) is 0.819. The van der Waals surface area contributed by atoms with E-state index in [4.69, 9.17) is 10.9 Å². The molecule has 0 saturated heterocycles. The average molecular weight is 263 g/mol. The summed E-state index contributed by atoms with van der Waals surface area (Å²) in [5, 5.41) is 15.3. The van der Waals surface area contributed by atoms with Gasteiger partial charge in [-0.2, -0.15) is 0 Å². The first-order valence-corrected chi connectivity index (χ1v) is 6.65. The fourth-order valence-corrected chi connectivity index (χ4v) is 1.84. The first-order valence-electron chi connectivity index (χ1n) is 6.65. The summed E-state index contributed by atoms with van der Waals surface area (Å²) in [6.45, 7) is 8.99. The predicted octanol–water partition coefficient (Wildman–Crippen LogP) is 2.81. The summed E-state index contributed by atoms with van der Waals surface area (Å²) in [5.41, 5.74) is 7.91. The Hall–Kier alpha value is -1.55. The molecular formula is C15H25N3O.